The van der Waals surface area contributed by atoms with Gasteiger partial charge in [-0.1, -0.05) is 91.8 Å². The molecule has 2 aromatic carbocycles. The van der Waals surface area contributed by atoms with Crippen LogP contribution in [0, 0.1) is 14.9 Å². The van der Waals surface area contributed by atoms with Crippen LogP contribution in [0.1, 0.15) is 108 Å². The minimum absolute atomic E-state index is 0. The molecule has 2 nitrogen and oxygen atoms in total. The molecule has 0 aliphatic carbocycles. The molecule has 0 saturated heterocycles. The Kier molecular flexibility index (Phi) is 14.6. The molecule has 0 aliphatic heterocycles. The Morgan fingerprint density at radius 3 is 1.25 bits per heavy atom. The van der Waals surface area contributed by atoms with Crippen molar-refractivity contribution >= 4 is 23.3 Å². The molecule has 2 aromatic rings. The second-order valence-electron chi connectivity index (χ2n) is 9.20. The molecule has 0 radical (unpaired) electrons. The Morgan fingerprint density at radius 2 is 0.938 bits per heavy atom. The van der Waals surface area contributed by atoms with E-state index in [1.54, 1.807) is 0 Å². The van der Waals surface area contributed by atoms with Gasteiger partial charge in [0.2, 0.25) is 0 Å². The summed E-state index contributed by atoms with van der Waals surface area (Å²) < 4.78 is 0. The van der Waals surface area contributed by atoms with Crippen molar-refractivity contribution in [2.24, 2.45) is 9.98 Å². The molecule has 0 atom stereocenters. The van der Waals surface area contributed by atoms with E-state index in [-0.39, 0.29) is 31.3 Å². The average molecular weight is 479 g/mol. The summed E-state index contributed by atoms with van der Waals surface area (Å²) in [6.07, 6.45) is 1.94. The first kappa shape index (κ1) is 32.5. The molecule has 0 amide bonds. The molecule has 0 unspecified atom stereocenters. The van der Waals surface area contributed by atoms with Gasteiger partial charge in [-0.3, -0.25) is 9.98 Å². The van der Waals surface area contributed by atoms with Crippen LogP contribution in [0.2, 0.25) is 0 Å². The van der Waals surface area contributed by atoms with Gasteiger partial charge in [0.05, 0.1) is 17.1 Å². The Balaban J connectivity index is 0. The van der Waals surface area contributed by atoms with Crippen molar-refractivity contribution in [1.29, 1.82) is 0 Å². The molecule has 0 bridgehead atoms. The van der Waals surface area contributed by atoms with E-state index in [1.807, 2.05) is 6.21 Å². The van der Waals surface area contributed by atoms with Crippen LogP contribution in [0.3, 0.4) is 0 Å². The number of hydrogen-bond donors (Lipinski definition) is 0. The Labute approximate surface area is 209 Å². The first-order valence-electron chi connectivity index (χ1n) is 11.0. The molecular formula is C29H44N2Ni. The van der Waals surface area contributed by atoms with Crippen molar-refractivity contribution in [3.63, 3.8) is 0 Å². The number of aliphatic imine (C=N–C) groups is 2. The zero-order chi connectivity index (χ0) is 21.7. The minimum atomic E-state index is 0. The zero-order valence-corrected chi connectivity index (χ0v) is 23.0. The Morgan fingerprint density at radius 1 is 0.625 bits per heavy atom. The predicted octanol–water partition coefficient (Wildman–Crippen LogP) is 9.57. The molecule has 0 saturated carbocycles. The summed E-state index contributed by atoms with van der Waals surface area (Å²) in [4.78, 5) is 9.97. The average Bonchev–Trinajstić information content (AvgIpc) is 2.65. The number of nitrogens with zero attached hydrogens (tertiary/aromatic N) is 2. The Bertz CT molecular complexity index is 838. The van der Waals surface area contributed by atoms with Crippen molar-refractivity contribution in [3.05, 3.63) is 73.5 Å². The van der Waals surface area contributed by atoms with E-state index in [1.165, 1.54) is 22.3 Å². The molecule has 32 heavy (non-hydrogen) atoms. The first-order chi connectivity index (χ1) is 13.6. The fourth-order valence-corrected chi connectivity index (χ4v) is 3.66. The van der Waals surface area contributed by atoms with Gasteiger partial charge >= 0.3 is 16.5 Å². The number of hydrogen-bond acceptors (Lipinski definition) is 2. The normalized spacial score (nSPS) is 11.7. The maximum Gasteiger partial charge on any atom is 2.00 e. The molecule has 0 aromatic heterocycles. The summed E-state index contributed by atoms with van der Waals surface area (Å²) in [7, 11) is 0. The van der Waals surface area contributed by atoms with Crippen LogP contribution in [0.25, 0.3) is 0 Å². The van der Waals surface area contributed by atoms with E-state index in [0.29, 0.717) is 23.7 Å². The van der Waals surface area contributed by atoms with E-state index in [2.05, 4.69) is 98.7 Å². The summed E-state index contributed by atoms with van der Waals surface area (Å²) in [6, 6.07) is 13.1. The van der Waals surface area contributed by atoms with Gasteiger partial charge in [-0.05, 0) is 52.8 Å². The SMILES string of the molecule is CC(C=Nc1c(C(C)C)cccc1C(C)C)=Nc1c(C(C)C)cccc1C(C)C.[CH3-].[CH3-].[Ni+2]. The van der Waals surface area contributed by atoms with Crippen LogP contribution in [-0.4, -0.2) is 11.9 Å². The van der Waals surface area contributed by atoms with Crippen molar-refractivity contribution in [2.45, 2.75) is 86.0 Å². The van der Waals surface area contributed by atoms with Gasteiger partial charge in [-0.15, -0.1) is 0 Å². The van der Waals surface area contributed by atoms with Crippen LogP contribution in [0.4, 0.5) is 11.4 Å². The molecule has 2 rings (SSSR count). The van der Waals surface area contributed by atoms with E-state index in [0.717, 1.165) is 17.1 Å². The molecule has 0 heterocycles. The van der Waals surface area contributed by atoms with Gasteiger partial charge in [0.15, 0.2) is 0 Å². The van der Waals surface area contributed by atoms with Crippen LogP contribution in [0.15, 0.2) is 46.4 Å². The third kappa shape index (κ3) is 8.00. The van der Waals surface area contributed by atoms with E-state index in [9.17, 15) is 0 Å². The molecule has 0 spiro atoms. The van der Waals surface area contributed by atoms with Gasteiger partial charge in [-0.2, -0.15) is 0 Å². The van der Waals surface area contributed by atoms with Gasteiger partial charge in [-0.25, -0.2) is 0 Å². The smallest absolute Gasteiger partial charge is 0.358 e. The summed E-state index contributed by atoms with van der Waals surface area (Å²) in [6.45, 7) is 19.9. The molecule has 3 heteroatoms. The van der Waals surface area contributed by atoms with Gasteiger partial charge in [0.1, 0.15) is 0 Å². The van der Waals surface area contributed by atoms with Crippen molar-refractivity contribution < 1.29 is 16.5 Å². The van der Waals surface area contributed by atoms with Gasteiger partial charge < -0.3 is 14.9 Å². The summed E-state index contributed by atoms with van der Waals surface area (Å²) in [5, 5.41) is 0. The first-order valence-corrected chi connectivity index (χ1v) is 11.0. The summed E-state index contributed by atoms with van der Waals surface area (Å²) in [5.74, 6) is 1.75. The minimum Gasteiger partial charge on any atom is -0.358 e. The van der Waals surface area contributed by atoms with Crippen molar-refractivity contribution in [2.75, 3.05) is 0 Å². The third-order valence-corrected chi connectivity index (χ3v) is 5.35. The van der Waals surface area contributed by atoms with Crippen molar-refractivity contribution in [1.82, 2.24) is 0 Å². The van der Waals surface area contributed by atoms with E-state index >= 15 is 0 Å². The second-order valence-corrected chi connectivity index (χ2v) is 9.20. The standard InChI is InChI=1S/C27H38N2.2CH3.Ni/c1-17(2)22-12-10-13-23(18(3)4)26(22)28-16-21(9)29-27-24(19(5)6)14-11-15-25(27)20(7)8;;;/h10-20H,1-9H3;2*1H3;/q;2*-1;+2. The van der Waals surface area contributed by atoms with Gasteiger partial charge in [0.25, 0.3) is 0 Å². The molecule has 0 fully saturated rings. The molecule has 0 aliphatic rings. The van der Waals surface area contributed by atoms with Crippen LogP contribution < -0.4 is 0 Å². The van der Waals surface area contributed by atoms with Crippen LogP contribution in [0.5, 0.6) is 0 Å². The molecular weight excluding hydrogens is 435 g/mol. The van der Waals surface area contributed by atoms with Crippen molar-refractivity contribution in [3.8, 4) is 0 Å². The van der Waals surface area contributed by atoms with Crippen LogP contribution in [-0.2, 0) is 16.5 Å². The summed E-state index contributed by atoms with van der Waals surface area (Å²) >= 11 is 0. The number of benzene rings is 2. The molecule has 180 valence electrons. The fraction of sp³-hybridized carbons (Fsp3) is 0.448. The van der Waals surface area contributed by atoms with E-state index in [4.69, 9.17) is 9.98 Å². The van der Waals surface area contributed by atoms with Crippen LogP contribution >= 0.6 is 0 Å². The monoisotopic (exact) mass is 478 g/mol. The Hall–Kier alpha value is -1.73. The quantitative estimate of drug-likeness (QED) is 0.215. The third-order valence-electron chi connectivity index (χ3n) is 5.35. The fourth-order valence-electron chi connectivity index (χ4n) is 3.66. The molecule has 0 N–H and O–H groups in total. The summed E-state index contributed by atoms with van der Waals surface area (Å²) in [5.41, 5.74) is 8.35. The maximum atomic E-state index is 5.03. The number of rotatable bonds is 7. The maximum absolute atomic E-state index is 5.03. The largest absolute Gasteiger partial charge is 2.00 e. The topological polar surface area (TPSA) is 24.7 Å². The van der Waals surface area contributed by atoms with Gasteiger partial charge in [0, 0.05) is 6.21 Å². The number of para-hydroxylation sites is 2. The second kappa shape index (κ2) is 14.4. The zero-order valence-electron chi connectivity index (χ0n) is 22.1. The van der Waals surface area contributed by atoms with E-state index < -0.39 is 0 Å². The predicted molar refractivity (Wildman–Crippen MR) is 143 cm³/mol.